The lowest BCUT2D eigenvalue weighted by Gasteiger charge is -2.12. The quantitative estimate of drug-likeness (QED) is 0.885. The molecule has 0 spiro atoms. The van der Waals surface area contributed by atoms with Crippen LogP contribution in [-0.4, -0.2) is 23.6 Å². The topological polar surface area (TPSA) is 75.6 Å². The van der Waals surface area contributed by atoms with Crippen LogP contribution in [0.2, 0.25) is 0 Å². The van der Waals surface area contributed by atoms with Gasteiger partial charge >= 0.3 is 5.97 Å². The number of fused-ring (bicyclic) bond motifs is 1. The second-order valence-corrected chi connectivity index (χ2v) is 5.91. The Bertz CT molecular complexity index is 798. The van der Waals surface area contributed by atoms with Crippen molar-refractivity contribution in [3.05, 3.63) is 58.7 Å². The minimum Gasteiger partial charge on any atom is -0.482 e. The first kappa shape index (κ1) is 16.1. The molecule has 2 N–H and O–H groups in total. The molecule has 0 bridgehead atoms. The van der Waals surface area contributed by atoms with Gasteiger partial charge in [-0.1, -0.05) is 12.1 Å². The highest BCUT2D eigenvalue weighted by atomic mass is 16.5. The molecule has 5 nitrogen and oxygen atoms in total. The fourth-order valence-corrected chi connectivity index (χ4v) is 3.03. The molecule has 0 atom stereocenters. The standard InChI is InChI=1S/C19H19NO4/c1-12-10-14(24-11-18(21)22)8-9-17(12)20-19(23)16-7-3-5-13-4-2-6-15(13)16/h3,5,7-10H,2,4,6,11H2,1H3,(H,20,23)(H,21,22). The molecule has 0 heterocycles. The lowest BCUT2D eigenvalue weighted by molar-refractivity contribution is -0.139. The van der Waals surface area contributed by atoms with Crippen LogP contribution in [0.3, 0.4) is 0 Å². The first-order valence-corrected chi connectivity index (χ1v) is 7.92. The monoisotopic (exact) mass is 325 g/mol. The van der Waals surface area contributed by atoms with Crippen molar-refractivity contribution in [1.29, 1.82) is 0 Å². The number of carboxylic acid groups (broad SMARTS) is 1. The van der Waals surface area contributed by atoms with Crippen molar-refractivity contribution >= 4 is 17.6 Å². The highest BCUT2D eigenvalue weighted by Gasteiger charge is 2.19. The molecule has 1 aliphatic rings. The van der Waals surface area contributed by atoms with Crippen LogP contribution in [0.1, 0.15) is 33.5 Å². The van der Waals surface area contributed by atoms with E-state index in [1.54, 1.807) is 18.2 Å². The zero-order chi connectivity index (χ0) is 17.1. The fourth-order valence-electron chi connectivity index (χ4n) is 3.03. The van der Waals surface area contributed by atoms with Gasteiger partial charge in [0, 0.05) is 11.3 Å². The summed E-state index contributed by atoms with van der Waals surface area (Å²) in [5, 5.41) is 11.6. The van der Waals surface area contributed by atoms with Crippen molar-refractivity contribution < 1.29 is 19.4 Å². The predicted molar refractivity (Wildman–Crippen MR) is 90.7 cm³/mol. The van der Waals surface area contributed by atoms with Crippen LogP contribution < -0.4 is 10.1 Å². The zero-order valence-electron chi connectivity index (χ0n) is 13.5. The summed E-state index contributed by atoms with van der Waals surface area (Å²) in [6.45, 7) is 1.46. The number of aliphatic carboxylic acids is 1. The molecule has 0 saturated carbocycles. The Labute approximate surface area is 140 Å². The molecule has 1 aliphatic carbocycles. The summed E-state index contributed by atoms with van der Waals surface area (Å²) in [6, 6.07) is 11.0. The van der Waals surface area contributed by atoms with Gasteiger partial charge in [-0.3, -0.25) is 4.79 Å². The maximum absolute atomic E-state index is 12.6. The van der Waals surface area contributed by atoms with Gasteiger partial charge in [-0.05, 0) is 67.1 Å². The highest BCUT2D eigenvalue weighted by molar-refractivity contribution is 6.06. The summed E-state index contributed by atoms with van der Waals surface area (Å²) in [5.74, 6) is -0.674. The number of amides is 1. The molecule has 1 amide bonds. The van der Waals surface area contributed by atoms with Crippen LogP contribution in [0.15, 0.2) is 36.4 Å². The summed E-state index contributed by atoms with van der Waals surface area (Å²) >= 11 is 0. The molecule has 3 rings (SSSR count). The number of anilines is 1. The third-order valence-electron chi connectivity index (χ3n) is 4.20. The molecule has 2 aromatic carbocycles. The van der Waals surface area contributed by atoms with E-state index in [0.29, 0.717) is 11.4 Å². The van der Waals surface area contributed by atoms with Crippen molar-refractivity contribution in [2.24, 2.45) is 0 Å². The minimum absolute atomic E-state index is 0.115. The van der Waals surface area contributed by atoms with Crippen LogP contribution in [-0.2, 0) is 17.6 Å². The lowest BCUT2D eigenvalue weighted by atomic mass is 10.0. The Morgan fingerprint density at radius 1 is 1.21 bits per heavy atom. The van der Waals surface area contributed by atoms with Crippen molar-refractivity contribution in [2.75, 3.05) is 11.9 Å². The van der Waals surface area contributed by atoms with Gasteiger partial charge in [-0.15, -0.1) is 0 Å². The van der Waals surface area contributed by atoms with Crippen molar-refractivity contribution in [2.45, 2.75) is 26.2 Å². The molecule has 0 radical (unpaired) electrons. The van der Waals surface area contributed by atoms with Gasteiger partial charge in [0.15, 0.2) is 6.61 Å². The number of ether oxygens (including phenoxy) is 1. The minimum atomic E-state index is -1.03. The summed E-state index contributed by atoms with van der Waals surface area (Å²) in [7, 11) is 0. The highest BCUT2D eigenvalue weighted by Crippen LogP contribution is 2.27. The number of nitrogens with one attached hydrogen (secondary N) is 1. The zero-order valence-corrected chi connectivity index (χ0v) is 13.5. The van der Waals surface area contributed by atoms with E-state index in [4.69, 9.17) is 9.84 Å². The summed E-state index contributed by atoms with van der Waals surface area (Å²) in [5.41, 5.74) is 4.65. The molecule has 5 heteroatoms. The molecule has 0 saturated heterocycles. The van der Waals surface area contributed by atoms with Crippen molar-refractivity contribution in [3.8, 4) is 5.75 Å². The summed E-state index contributed by atoms with van der Waals surface area (Å²) in [6.07, 6.45) is 3.07. The van der Waals surface area contributed by atoms with Crippen LogP contribution in [0.4, 0.5) is 5.69 Å². The number of carbonyl (C=O) groups excluding carboxylic acids is 1. The van der Waals surface area contributed by atoms with Crippen LogP contribution in [0, 0.1) is 6.92 Å². The smallest absolute Gasteiger partial charge is 0.341 e. The number of benzene rings is 2. The molecule has 0 aliphatic heterocycles. The molecular weight excluding hydrogens is 306 g/mol. The fraction of sp³-hybridized carbons (Fsp3) is 0.263. The first-order valence-electron chi connectivity index (χ1n) is 7.92. The van der Waals surface area contributed by atoms with Gasteiger partial charge < -0.3 is 15.2 Å². The second-order valence-electron chi connectivity index (χ2n) is 5.91. The Hall–Kier alpha value is -2.82. The van der Waals surface area contributed by atoms with Gasteiger partial charge in [-0.2, -0.15) is 0 Å². The van der Waals surface area contributed by atoms with Gasteiger partial charge in [0.1, 0.15) is 5.75 Å². The first-order chi connectivity index (χ1) is 11.5. The molecule has 24 heavy (non-hydrogen) atoms. The molecule has 0 fully saturated rings. The average Bonchev–Trinajstić information content (AvgIpc) is 3.03. The van der Waals surface area contributed by atoms with Crippen LogP contribution >= 0.6 is 0 Å². The van der Waals surface area contributed by atoms with E-state index in [1.807, 2.05) is 19.1 Å². The van der Waals surface area contributed by atoms with E-state index in [9.17, 15) is 9.59 Å². The summed E-state index contributed by atoms with van der Waals surface area (Å²) in [4.78, 5) is 23.1. The summed E-state index contributed by atoms with van der Waals surface area (Å²) < 4.78 is 5.14. The van der Waals surface area contributed by atoms with Crippen LogP contribution in [0.5, 0.6) is 5.75 Å². The Morgan fingerprint density at radius 2 is 2.04 bits per heavy atom. The third-order valence-corrected chi connectivity index (χ3v) is 4.20. The Balaban J connectivity index is 1.75. The molecule has 124 valence electrons. The molecule has 0 aromatic heterocycles. The normalized spacial score (nSPS) is 12.5. The maximum atomic E-state index is 12.6. The van der Waals surface area contributed by atoms with E-state index >= 15 is 0 Å². The largest absolute Gasteiger partial charge is 0.482 e. The number of carboxylic acids is 1. The average molecular weight is 325 g/mol. The van der Waals surface area contributed by atoms with E-state index in [2.05, 4.69) is 11.4 Å². The van der Waals surface area contributed by atoms with Gasteiger partial charge in [0.25, 0.3) is 5.91 Å². The van der Waals surface area contributed by atoms with E-state index in [-0.39, 0.29) is 12.5 Å². The maximum Gasteiger partial charge on any atom is 0.341 e. The molecule has 0 unspecified atom stereocenters. The Morgan fingerprint density at radius 3 is 2.79 bits per heavy atom. The molecule has 2 aromatic rings. The third kappa shape index (κ3) is 3.40. The SMILES string of the molecule is Cc1cc(OCC(=O)O)ccc1NC(=O)c1cccc2c1CCC2. The van der Waals surface area contributed by atoms with Crippen LogP contribution in [0.25, 0.3) is 0 Å². The number of hydrogen-bond acceptors (Lipinski definition) is 3. The van der Waals surface area contributed by atoms with E-state index in [0.717, 1.165) is 36.0 Å². The van der Waals surface area contributed by atoms with Gasteiger partial charge in [0.05, 0.1) is 0 Å². The van der Waals surface area contributed by atoms with Crippen molar-refractivity contribution in [1.82, 2.24) is 0 Å². The number of hydrogen-bond donors (Lipinski definition) is 2. The van der Waals surface area contributed by atoms with E-state index in [1.165, 1.54) is 5.56 Å². The second kappa shape index (κ2) is 6.74. The molecular formula is C19H19NO4. The van der Waals surface area contributed by atoms with Crippen molar-refractivity contribution in [3.63, 3.8) is 0 Å². The van der Waals surface area contributed by atoms with Gasteiger partial charge in [-0.25, -0.2) is 4.79 Å². The number of rotatable bonds is 5. The predicted octanol–water partition coefficient (Wildman–Crippen LogP) is 3.20. The Kier molecular flexibility index (Phi) is 4.51. The lowest BCUT2D eigenvalue weighted by Crippen LogP contribution is -2.15. The number of aryl methyl sites for hydroxylation is 2. The van der Waals surface area contributed by atoms with Gasteiger partial charge in [0.2, 0.25) is 0 Å². The van der Waals surface area contributed by atoms with E-state index < -0.39 is 5.97 Å². The number of carbonyl (C=O) groups is 2.